The molecule has 0 saturated carbocycles. The average molecular weight is 558 g/mol. The van der Waals surface area contributed by atoms with Crippen molar-refractivity contribution < 1.29 is 36.6 Å². The summed E-state index contributed by atoms with van der Waals surface area (Å²) < 4.78 is 99.0. The summed E-state index contributed by atoms with van der Waals surface area (Å²) in [6.45, 7) is -12.2. The number of para-hydroxylation sites is 3. The van der Waals surface area contributed by atoms with Crippen molar-refractivity contribution in [1.29, 1.82) is 0 Å². The maximum atomic E-state index is 8.13. The van der Waals surface area contributed by atoms with Gasteiger partial charge in [0, 0.05) is 42.2 Å². The Morgan fingerprint density at radius 1 is 0.857 bits per heavy atom. The van der Waals surface area contributed by atoms with Gasteiger partial charge in [0.15, 0.2) is 0 Å². The van der Waals surface area contributed by atoms with Crippen LogP contribution in [0.25, 0.3) is 28.1 Å². The second-order valence-electron chi connectivity index (χ2n) is 6.19. The fourth-order valence-corrected chi connectivity index (χ4v) is 3.27. The number of aromatic nitrogens is 2. The van der Waals surface area contributed by atoms with Gasteiger partial charge in [0.25, 0.3) is 0 Å². The van der Waals surface area contributed by atoms with Gasteiger partial charge in [-0.05, 0) is 35.1 Å². The van der Waals surface area contributed by atoms with Crippen molar-refractivity contribution in [2.24, 2.45) is 0 Å². The molecule has 0 aliphatic heterocycles. The summed E-state index contributed by atoms with van der Waals surface area (Å²) in [6, 6.07) is 20.5. The topological polar surface area (TPSA) is 17.8 Å². The molecule has 1 radical (unpaired) electrons. The standard InChI is InChI=1S/C25H25N2.Ir/c1-17(2)20-13-10-14-21(18(3)4)24(20)27-23-16-9-8-15-22(23)26-25(27)19-11-6-5-7-12-19;/h5-11,13-18H,1-4H3;/q-1;/i1D3,2D3,3D3,4D3;. The zero-order valence-corrected chi connectivity index (χ0v) is 17.1. The molecule has 0 saturated heterocycles. The SMILES string of the molecule is [2H]C([2H])([2H])C(c1cccc(C(C([2H])([2H])[2H])C([2H])([2H])[2H])c1-n1c(-c2[c-]cccc2)nc2ccccc21)C([2H])([2H])[2H].[Ir]. The molecule has 2 nitrogen and oxygen atoms in total. The van der Waals surface area contributed by atoms with Gasteiger partial charge in [-0.25, -0.2) is 0 Å². The molecule has 0 N–H and O–H groups in total. The van der Waals surface area contributed by atoms with Crippen LogP contribution in [0.5, 0.6) is 0 Å². The monoisotopic (exact) mass is 558 g/mol. The van der Waals surface area contributed by atoms with Crippen molar-refractivity contribution in [3.63, 3.8) is 0 Å². The number of nitrogens with zero attached hydrogens (tertiary/aromatic N) is 2. The Bertz CT molecular complexity index is 1390. The summed E-state index contributed by atoms with van der Waals surface area (Å²) in [5, 5.41) is 0. The largest absolute Gasteiger partial charge is 0.333 e. The van der Waals surface area contributed by atoms with Gasteiger partial charge in [-0.1, -0.05) is 57.7 Å². The van der Waals surface area contributed by atoms with Crippen LogP contribution in [0.4, 0.5) is 0 Å². The third-order valence-corrected chi connectivity index (χ3v) is 4.45. The number of hydrogen-bond donors (Lipinski definition) is 0. The minimum Gasteiger partial charge on any atom is -0.333 e. The molecule has 0 aliphatic carbocycles. The van der Waals surface area contributed by atoms with E-state index in [9.17, 15) is 0 Å². The molecule has 0 unspecified atom stereocenters. The minimum absolute atomic E-state index is 0. The molecule has 0 fully saturated rings. The van der Waals surface area contributed by atoms with E-state index in [1.807, 2.05) is 0 Å². The molecule has 0 aliphatic rings. The molecule has 0 amide bonds. The quantitative estimate of drug-likeness (QED) is 0.254. The maximum Gasteiger partial charge on any atom is 0.0774 e. The summed E-state index contributed by atoms with van der Waals surface area (Å²) in [5.74, 6) is -3.89. The number of rotatable bonds is 4. The Morgan fingerprint density at radius 2 is 1.54 bits per heavy atom. The van der Waals surface area contributed by atoms with Crippen molar-refractivity contribution in [3.8, 4) is 17.1 Å². The van der Waals surface area contributed by atoms with Gasteiger partial charge in [-0.3, -0.25) is 4.98 Å². The first kappa shape index (κ1) is 10.0. The number of imidazole rings is 1. The van der Waals surface area contributed by atoms with Crippen molar-refractivity contribution in [1.82, 2.24) is 9.55 Å². The van der Waals surface area contributed by atoms with E-state index in [1.54, 1.807) is 48.5 Å². The molecule has 4 rings (SSSR count). The summed E-state index contributed by atoms with van der Waals surface area (Å²) in [5.41, 5.74) is 0.700. The van der Waals surface area contributed by atoms with Crippen LogP contribution < -0.4 is 0 Å². The van der Waals surface area contributed by atoms with Gasteiger partial charge in [-0.15, -0.1) is 35.9 Å². The normalized spacial score (nSPS) is 19.4. The van der Waals surface area contributed by atoms with E-state index in [1.165, 1.54) is 22.8 Å². The van der Waals surface area contributed by atoms with Gasteiger partial charge < -0.3 is 4.57 Å². The van der Waals surface area contributed by atoms with Crippen LogP contribution in [0.15, 0.2) is 66.7 Å². The van der Waals surface area contributed by atoms with Crippen LogP contribution in [0.3, 0.4) is 0 Å². The minimum atomic E-state index is -3.04. The zero-order chi connectivity index (χ0) is 29.0. The first-order valence-corrected chi connectivity index (χ1v) is 8.50. The van der Waals surface area contributed by atoms with E-state index in [2.05, 4.69) is 11.1 Å². The van der Waals surface area contributed by atoms with Crippen LogP contribution in [0, 0.1) is 6.07 Å². The predicted molar refractivity (Wildman–Crippen MR) is 114 cm³/mol. The molecule has 1 aromatic heterocycles. The molecule has 0 atom stereocenters. The summed E-state index contributed by atoms with van der Waals surface area (Å²) in [4.78, 5) is 4.68. The number of benzene rings is 3. The second kappa shape index (κ2) is 8.43. The van der Waals surface area contributed by atoms with Gasteiger partial charge in [0.1, 0.15) is 0 Å². The summed E-state index contributed by atoms with van der Waals surface area (Å²) in [6.07, 6.45) is 0. The molecule has 3 heteroatoms. The van der Waals surface area contributed by atoms with Crippen LogP contribution >= 0.6 is 0 Å². The van der Waals surface area contributed by atoms with Gasteiger partial charge in [0.05, 0.1) is 16.9 Å². The molecule has 0 spiro atoms. The Balaban J connectivity index is 0.00000441. The summed E-state index contributed by atoms with van der Waals surface area (Å²) >= 11 is 0. The Kier molecular flexibility index (Phi) is 3.01. The first-order chi connectivity index (χ1) is 17.9. The van der Waals surface area contributed by atoms with E-state index >= 15 is 0 Å². The maximum absolute atomic E-state index is 8.13. The summed E-state index contributed by atoms with van der Waals surface area (Å²) in [7, 11) is 0. The number of fused-ring (bicyclic) bond motifs is 1. The van der Waals surface area contributed by atoms with Crippen molar-refractivity contribution >= 4 is 11.0 Å². The number of hydrogen-bond acceptors (Lipinski definition) is 1. The first-order valence-electron chi connectivity index (χ1n) is 14.5. The molecule has 28 heavy (non-hydrogen) atoms. The molecule has 145 valence electrons. The Morgan fingerprint density at radius 3 is 2.18 bits per heavy atom. The zero-order valence-electron chi connectivity index (χ0n) is 26.7. The van der Waals surface area contributed by atoms with Gasteiger partial charge in [0.2, 0.25) is 0 Å². The molecular weight excluding hydrogens is 521 g/mol. The fourth-order valence-electron chi connectivity index (χ4n) is 3.27. The molecule has 3 aromatic carbocycles. The van der Waals surface area contributed by atoms with Crippen LogP contribution in [0.1, 0.15) is 66.8 Å². The third-order valence-electron chi connectivity index (χ3n) is 4.45. The molecule has 1 heterocycles. The smallest absolute Gasteiger partial charge is 0.0774 e. The second-order valence-corrected chi connectivity index (χ2v) is 6.19. The fraction of sp³-hybridized carbons (Fsp3) is 0.240. The van der Waals surface area contributed by atoms with E-state index in [4.69, 9.17) is 16.4 Å². The van der Waals surface area contributed by atoms with Crippen molar-refractivity contribution in [2.75, 3.05) is 0 Å². The Hall–Kier alpha value is -2.22. The van der Waals surface area contributed by atoms with E-state index in [0.717, 1.165) is 0 Å². The van der Waals surface area contributed by atoms with E-state index in [0.29, 0.717) is 16.6 Å². The van der Waals surface area contributed by atoms with Crippen molar-refractivity contribution in [2.45, 2.75) is 39.2 Å². The van der Waals surface area contributed by atoms with Crippen molar-refractivity contribution in [3.05, 3.63) is 83.9 Å². The Labute approximate surface area is 197 Å². The van der Waals surface area contributed by atoms with Crippen LogP contribution in [-0.4, -0.2) is 9.55 Å². The third kappa shape index (κ3) is 3.57. The predicted octanol–water partition coefficient (Wildman–Crippen LogP) is 6.74. The molecule has 4 aromatic rings. The molecular formula is C25H25IrN2-. The van der Waals surface area contributed by atoms with Crippen LogP contribution in [0.2, 0.25) is 0 Å². The van der Waals surface area contributed by atoms with E-state index < -0.39 is 39.2 Å². The molecule has 0 bridgehead atoms. The van der Waals surface area contributed by atoms with Gasteiger partial charge in [-0.2, -0.15) is 0 Å². The van der Waals surface area contributed by atoms with Gasteiger partial charge >= 0.3 is 0 Å². The van der Waals surface area contributed by atoms with Crippen LogP contribution in [-0.2, 0) is 20.1 Å². The average Bonchev–Trinajstić information content (AvgIpc) is 3.15. The van der Waals surface area contributed by atoms with E-state index in [-0.39, 0.29) is 42.7 Å².